The maximum Gasteiger partial charge on any atom is 0.488 e. The summed E-state index contributed by atoms with van der Waals surface area (Å²) in [6.45, 7) is 1.66. The number of likely N-dealkylation sites (N-methyl/N-ethyl adjacent to an activating group) is 1. The van der Waals surface area contributed by atoms with Crippen LogP contribution in [0.2, 0.25) is 0 Å². The maximum atomic E-state index is 13.3. The molecule has 1 aromatic carbocycles. The van der Waals surface area contributed by atoms with E-state index < -0.39 is 12.9 Å². The molecule has 17 heavy (non-hydrogen) atoms. The average molecular weight is 238 g/mol. The predicted octanol–water partition coefficient (Wildman–Crippen LogP) is -0.744. The second-order valence-electron chi connectivity index (χ2n) is 4.64. The van der Waals surface area contributed by atoms with Gasteiger partial charge in [-0.2, -0.15) is 0 Å². The molecule has 1 aliphatic heterocycles. The topological polar surface area (TPSA) is 46.9 Å². The molecule has 6 heteroatoms. The van der Waals surface area contributed by atoms with Gasteiger partial charge in [-0.05, 0) is 37.8 Å². The van der Waals surface area contributed by atoms with Gasteiger partial charge in [-0.3, -0.25) is 0 Å². The van der Waals surface area contributed by atoms with Crippen LogP contribution in [0.5, 0.6) is 0 Å². The molecule has 0 radical (unpaired) electrons. The van der Waals surface area contributed by atoms with E-state index in [-0.39, 0.29) is 5.46 Å². The van der Waals surface area contributed by atoms with Gasteiger partial charge in [-0.15, -0.1) is 0 Å². The lowest BCUT2D eigenvalue weighted by atomic mass is 9.80. The zero-order valence-electron chi connectivity index (χ0n) is 9.97. The maximum absolute atomic E-state index is 13.3. The Bertz CT molecular complexity index is 408. The summed E-state index contributed by atoms with van der Waals surface area (Å²) in [5.41, 5.74) is 0.888. The summed E-state index contributed by atoms with van der Waals surface area (Å²) in [5.74, 6) is -0.445. The summed E-state index contributed by atoms with van der Waals surface area (Å²) in [4.78, 5) is 4.14. The summed E-state index contributed by atoms with van der Waals surface area (Å²) in [5, 5.41) is 18.1. The van der Waals surface area contributed by atoms with Gasteiger partial charge >= 0.3 is 7.12 Å². The van der Waals surface area contributed by atoms with E-state index in [1.165, 1.54) is 6.07 Å². The Morgan fingerprint density at radius 3 is 2.47 bits per heavy atom. The van der Waals surface area contributed by atoms with E-state index in [1.54, 1.807) is 6.07 Å². The van der Waals surface area contributed by atoms with Crippen LogP contribution in [-0.4, -0.2) is 55.3 Å². The van der Waals surface area contributed by atoms with Crippen LogP contribution in [0.25, 0.3) is 0 Å². The minimum atomic E-state index is -1.63. The van der Waals surface area contributed by atoms with Crippen LogP contribution in [-0.2, 0) is 0 Å². The Labute approximate surface area is 100 Å². The summed E-state index contributed by atoms with van der Waals surface area (Å²) < 4.78 is 13.3. The monoisotopic (exact) mass is 238 g/mol. The van der Waals surface area contributed by atoms with Crippen molar-refractivity contribution in [3.05, 3.63) is 24.0 Å². The largest absolute Gasteiger partial charge is 0.488 e. The van der Waals surface area contributed by atoms with Crippen molar-refractivity contribution in [1.82, 2.24) is 4.90 Å². The summed E-state index contributed by atoms with van der Waals surface area (Å²) in [6, 6.07) is 4.63. The van der Waals surface area contributed by atoms with Gasteiger partial charge in [-0.25, -0.2) is 4.39 Å². The minimum Gasteiger partial charge on any atom is -0.423 e. The summed E-state index contributed by atoms with van der Waals surface area (Å²) in [6.07, 6.45) is 0. The number of benzene rings is 1. The van der Waals surface area contributed by atoms with E-state index in [4.69, 9.17) is 10.0 Å². The van der Waals surface area contributed by atoms with Gasteiger partial charge in [0.15, 0.2) is 0 Å². The van der Waals surface area contributed by atoms with Crippen LogP contribution < -0.4 is 10.4 Å². The molecule has 0 spiro atoms. The van der Waals surface area contributed by atoms with Crippen LogP contribution >= 0.6 is 0 Å². The summed E-state index contributed by atoms with van der Waals surface area (Å²) >= 11 is 0. The molecular formula is C11H16BFN2O2. The molecule has 1 saturated heterocycles. The van der Waals surface area contributed by atoms with Crippen LogP contribution in [0, 0.1) is 5.82 Å². The lowest BCUT2D eigenvalue weighted by Gasteiger charge is -2.44. The molecule has 2 rings (SSSR count). The third kappa shape index (κ3) is 2.59. The van der Waals surface area contributed by atoms with Crippen molar-refractivity contribution >= 4 is 18.3 Å². The van der Waals surface area contributed by atoms with Crippen molar-refractivity contribution in [2.75, 3.05) is 32.1 Å². The number of halogens is 1. The molecule has 0 aliphatic carbocycles. The molecule has 0 bridgehead atoms. The van der Waals surface area contributed by atoms with Crippen LogP contribution in [0.4, 0.5) is 10.1 Å². The third-order valence-corrected chi connectivity index (χ3v) is 3.16. The fourth-order valence-electron chi connectivity index (χ4n) is 1.92. The van der Waals surface area contributed by atoms with Gasteiger partial charge in [-0.1, -0.05) is 0 Å². The molecule has 1 heterocycles. The van der Waals surface area contributed by atoms with Crippen molar-refractivity contribution < 1.29 is 14.4 Å². The number of rotatable bonds is 3. The lowest BCUT2D eigenvalue weighted by molar-refractivity contribution is 0.247. The van der Waals surface area contributed by atoms with E-state index in [1.807, 2.05) is 19.0 Å². The van der Waals surface area contributed by atoms with E-state index in [2.05, 4.69) is 4.90 Å². The highest BCUT2D eigenvalue weighted by Crippen LogP contribution is 2.22. The van der Waals surface area contributed by atoms with Crippen molar-refractivity contribution in [3.8, 4) is 0 Å². The minimum absolute atomic E-state index is 0.188. The van der Waals surface area contributed by atoms with Gasteiger partial charge in [0.05, 0.1) is 0 Å². The van der Waals surface area contributed by atoms with E-state index >= 15 is 0 Å². The molecule has 1 aromatic rings. The predicted molar refractivity (Wildman–Crippen MR) is 65.9 cm³/mol. The fourth-order valence-corrected chi connectivity index (χ4v) is 1.92. The molecule has 0 saturated carbocycles. The van der Waals surface area contributed by atoms with Crippen molar-refractivity contribution in [2.45, 2.75) is 6.04 Å². The van der Waals surface area contributed by atoms with Gasteiger partial charge < -0.3 is 19.8 Å². The molecule has 2 N–H and O–H groups in total. The van der Waals surface area contributed by atoms with Gasteiger partial charge in [0, 0.05) is 24.8 Å². The van der Waals surface area contributed by atoms with E-state index in [0.29, 0.717) is 11.7 Å². The zero-order chi connectivity index (χ0) is 12.6. The molecule has 0 unspecified atom stereocenters. The second kappa shape index (κ2) is 4.64. The highest BCUT2D eigenvalue weighted by Gasteiger charge is 2.29. The first-order valence-electron chi connectivity index (χ1n) is 5.55. The Morgan fingerprint density at radius 2 is 1.94 bits per heavy atom. The molecule has 1 aliphatic rings. The molecular weight excluding hydrogens is 222 g/mol. The van der Waals surface area contributed by atoms with Crippen LogP contribution in [0.15, 0.2) is 18.2 Å². The molecule has 0 aromatic heterocycles. The van der Waals surface area contributed by atoms with Crippen molar-refractivity contribution in [2.24, 2.45) is 0 Å². The number of hydrogen-bond donors (Lipinski definition) is 2. The normalized spacial score (nSPS) is 16.2. The van der Waals surface area contributed by atoms with Crippen molar-refractivity contribution in [1.29, 1.82) is 0 Å². The number of nitrogens with zero attached hydrogens (tertiary/aromatic N) is 2. The Hall–Kier alpha value is -1.11. The van der Waals surface area contributed by atoms with Gasteiger partial charge in [0.1, 0.15) is 5.82 Å². The second-order valence-corrected chi connectivity index (χ2v) is 4.64. The average Bonchev–Trinajstić information content (AvgIpc) is 2.13. The molecule has 0 atom stereocenters. The lowest BCUT2D eigenvalue weighted by Crippen LogP contribution is -2.57. The SMILES string of the molecule is CN(C)C1CN(c2cc(F)cc(B(O)O)c2)C1. The van der Waals surface area contributed by atoms with Crippen molar-refractivity contribution in [3.63, 3.8) is 0 Å². The highest BCUT2D eigenvalue weighted by atomic mass is 19.1. The van der Waals surface area contributed by atoms with Crippen LogP contribution in [0.1, 0.15) is 0 Å². The van der Waals surface area contributed by atoms with E-state index in [0.717, 1.165) is 19.2 Å². The summed E-state index contributed by atoms with van der Waals surface area (Å²) in [7, 11) is 2.39. The quantitative estimate of drug-likeness (QED) is 0.680. The first-order valence-corrected chi connectivity index (χ1v) is 5.55. The van der Waals surface area contributed by atoms with Gasteiger partial charge in [0.25, 0.3) is 0 Å². The molecule has 4 nitrogen and oxygen atoms in total. The van der Waals surface area contributed by atoms with Crippen LogP contribution in [0.3, 0.4) is 0 Å². The molecule has 0 amide bonds. The Morgan fingerprint density at radius 1 is 1.29 bits per heavy atom. The number of hydrogen-bond acceptors (Lipinski definition) is 4. The van der Waals surface area contributed by atoms with Gasteiger partial charge in [0.2, 0.25) is 0 Å². The highest BCUT2D eigenvalue weighted by molar-refractivity contribution is 6.58. The smallest absolute Gasteiger partial charge is 0.423 e. The Balaban J connectivity index is 2.12. The molecule has 92 valence electrons. The fraction of sp³-hybridized carbons (Fsp3) is 0.455. The van der Waals surface area contributed by atoms with E-state index in [9.17, 15) is 4.39 Å². The standard InChI is InChI=1S/C11H16BFN2O2/c1-14(2)11-6-15(7-11)10-4-8(12(16)17)3-9(13)5-10/h3-5,11,16-17H,6-7H2,1-2H3. The zero-order valence-corrected chi connectivity index (χ0v) is 9.97. The first-order chi connectivity index (χ1) is 7.97. The first kappa shape index (κ1) is 12.4. The third-order valence-electron chi connectivity index (χ3n) is 3.16. The Kier molecular flexibility index (Phi) is 3.37. The molecule has 1 fully saturated rings. The number of anilines is 1.